The maximum atomic E-state index is 12.8. The quantitative estimate of drug-likeness (QED) is 0.784. The van der Waals surface area contributed by atoms with E-state index < -0.39 is 10.0 Å². The van der Waals surface area contributed by atoms with Crippen LogP contribution in [0.3, 0.4) is 0 Å². The van der Waals surface area contributed by atoms with Crippen LogP contribution in [0.25, 0.3) is 0 Å². The van der Waals surface area contributed by atoms with Crippen molar-refractivity contribution in [3.8, 4) is 5.75 Å². The molecular weight excluding hydrogens is 298 g/mol. The molecule has 0 bridgehead atoms. The van der Waals surface area contributed by atoms with Gasteiger partial charge in [0.1, 0.15) is 5.75 Å². The van der Waals surface area contributed by atoms with Gasteiger partial charge in [0.2, 0.25) is 10.0 Å². The van der Waals surface area contributed by atoms with E-state index in [1.54, 1.807) is 29.6 Å². The van der Waals surface area contributed by atoms with Gasteiger partial charge in [-0.05, 0) is 49.9 Å². The van der Waals surface area contributed by atoms with Crippen LogP contribution in [0.4, 0.5) is 0 Å². The zero-order chi connectivity index (χ0) is 14.8. The SMILES string of the molecule is COc1ccc(S(=O)(=O)N2CCCC2C)c(CCCl)c1. The van der Waals surface area contributed by atoms with E-state index in [9.17, 15) is 8.42 Å². The molecule has 1 saturated heterocycles. The van der Waals surface area contributed by atoms with E-state index in [2.05, 4.69) is 0 Å². The third-order valence-corrected chi connectivity index (χ3v) is 6.01. The van der Waals surface area contributed by atoms with Crippen LogP contribution in [0.15, 0.2) is 23.1 Å². The van der Waals surface area contributed by atoms with Gasteiger partial charge < -0.3 is 4.74 Å². The molecular formula is C14H20ClNO3S. The second-order valence-electron chi connectivity index (χ2n) is 5.02. The van der Waals surface area contributed by atoms with Crippen LogP contribution in [-0.4, -0.2) is 38.3 Å². The molecule has 0 N–H and O–H groups in total. The summed E-state index contributed by atoms with van der Waals surface area (Å²) >= 11 is 5.79. The average Bonchev–Trinajstić information content (AvgIpc) is 2.86. The molecule has 1 unspecified atom stereocenters. The molecule has 0 spiro atoms. The summed E-state index contributed by atoms with van der Waals surface area (Å²) in [5.74, 6) is 1.03. The van der Waals surface area contributed by atoms with E-state index in [4.69, 9.17) is 16.3 Å². The van der Waals surface area contributed by atoms with Crippen molar-refractivity contribution in [2.75, 3.05) is 19.5 Å². The summed E-state index contributed by atoms with van der Waals surface area (Å²) in [5.41, 5.74) is 0.721. The van der Waals surface area contributed by atoms with Crippen LogP contribution >= 0.6 is 11.6 Å². The largest absolute Gasteiger partial charge is 0.497 e. The molecule has 0 aliphatic carbocycles. The predicted octanol–water partition coefficient (Wildman–Crippen LogP) is 2.65. The van der Waals surface area contributed by atoms with E-state index in [0.29, 0.717) is 29.5 Å². The van der Waals surface area contributed by atoms with Gasteiger partial charge in [0.25, 0.3) is 0 Å². The lowest BCUT2D eigenvalue weighted by Gasteiger charge is -2.22. The van der Waals surface area contributed by atoms with E-state index in [1.807, 2.05) is 6.92 Å². The van der Waals surface area contributed by atoms with Crippen LogP contribution < -0.4 is 4.74 Å². The van der Waals surface area contributed by atoms with Gasteiger partial charge in [0.05, 0.1) is 12.0 Å². The van der Waals surface area contributed by atoms with Crippen molar-refractivity contribution in [3.63, 3.8) is 0 Å². The highest BCUT2D eigenvalue weighted by molar-refractivity contribution is 7.89. The summed E-state index contributed by atoms with van der Waals surface area (Å²) < 4.78 is 32.3. The van der Waals surface area contributed by atoms with Crippen molar-refractivity contribution in [3.05, 3.63) is 23.8 Å². The topological polar surface area (TPSA) is 46.6 Å². The van der Waals surface area contributed by atoms with Gasteiger partial charge in [-0.15, -0.1) is 11.6 Å². The van der Waals surface area contributed by atoms with Crippen molar-refractivity contribution in [1.29, 1.82) is 0 Å². The first-order chi connectivity index (χ1) is 9.50. The molecule has 6 heteroatoms. The van der Waals surface area contributed by atoms with Gasteiger partial charge >= 0.3 is 0 Å². The zero-order valence-corrected chi connectivity index (χ0v) is 13.4. The van der Waals surface area contributed by atoms with Crippen molar-refractivity contribution < 1.29 is 13.2 Å². The fourth-order valence-corrected chi connectivity index (χ4v) is 4.76. The molecule has 0 radical (unpaired) electrons. The van der Waals surface area contributed by atoms with E-state index in [-0.39, 0.29) is 6.04 Å². The number of sulfonamides is 1. The Morgan fingerprint density at radius 3 is 2.75 bits per heavy atom. The molecule has 1 heterocycles. The van der Waals surface area contributed by atoms with Crippen LogP contribution in [0.1, 0.15) is 25.3 Å². The lowest BCUT2D eigenvalue weighted by atomic mass is 10.1. The number of rotatable bonds is 5. The molecule has 1 fully saturated rings. The summed E-state index contributed by atoms with van der Waals surface area (Å²) in [6, 6.07) is 5.13. The summed E-state index contributed by atoms with van der Waals surface area (Å²) in [6.07, 6.45) is 2.34. The highest BCUT2D eigenvalue weighted by Crippen LogP contribution is 2.30. The standard InChI is InChI=1S/C14H20ClNO3S/c1-11-4-3-9-16(11)20(17,18)14-6-5-13(19-2)10-12(14)7-8-15/h5-6,10-11H,3-4,7-9H2,1-2H3. The Hall–Kier alpha value is -0.780. The summed E-state index contributed by atoms with van der Waals surface area (Å²) in [5, 5.41) is 0. The molecule has 1 aromatic carbocycles. The first-order valence-corrected chi connectivity index (χ1v) is 8.73. The Balaban J connectivity index is 2.45. The number of benzene rings is 1. The molecule has 4 nitrogen and oxygen atoms in total. The number of aryl methyl sites for hydroxylation is 1. The van der Waals surface area contributed by atoms with Crippen molar-refractivity contribution in [2.24, 2.45) is 0 Å². The third kappa shape index (κ3) is 2.95. The maximum absolute atomic E-state index is 12.8. The number of methoxy groups -OCH3 is 1. The normalized spacial score (nSPS) is 20.2. The molecule has 0 aromatic heterocycles. The minimum Gasteiger partial charge on any atom is -0.497 e. The molecule has 112 valence electrons. The van der Waals surface area contributed by atoms with Gasteiger partial charge in [0, 0.05) is 18.5 Å². The molecule has 0 saturated carbocycles. The van der Waals surface area contributed by atoms with Crippen LogP contribution in [0, 0.1) is 0 Å². The first-order valence-electron chi connectivity index (χ1n) is 6.75. The first kappa shape index (κ1) is 15.6. The second-order valence-corrected chi connectivity index (χ2v) is 7.26. The number of ether oxygens (including phenoxy) is 1. The Bertz CT molecular complexity index is 574. The fraction of sp³-hybridized carbons (Fsp3) is 0.571. The molecule has 20 heavy (non-hydrogen) atoms. The van der Waals surface area contributed by atoms with Crippen molar-refractivity contribution >= 4 is 21.6 Å². The Morgan fingerprint density at radius 2 is 2.20 bits per heavy atom. The van der Waals surface area contributed by atoms with Crippen molar-refractivity contribution in [1.82, 2.24) is 4.31 Å². The Labute approximate surface area is 125 Å². The molecule has 2 rings (SSSR count). The zero-order valence-electron chi connectivity index (χ0n) is 11.8. The van der Waals surface area contributed by atoms with Crippen LogP contribution in [0.2, 0.25) is 0 Å². The molecule has 1 aromatic rings. The number of hydrogen-bond acceptors (Lipinski definition) is 3. The fourth-order valence-electron chi connectivity index (χ4n) is 2.62. The van der Waals surface area contributed by atoms with Gasteiger partial charge in [-0.3, -0.25) is 0 Å². The smallest absolute Gasteiger partial charge is 0.243 e. The van der Waals surface area contributed by atoms with E-state index in [1.165, 1.54) is 0 Å². The summed E-state index contributed by atoms with van der Waals surface area (Å²) in [6.45, 7) is 2.55. The highest BCUT2D eigenvalue weighted by Gasteiger charge is 2.33. The van der Waals surface area contributed by atoms with Crippen molar-refractivity contribution in [2.45, 2.75) is 37.1 Å². The molecule has 1 atom stereocenters. The van der Waals surface area contributed by atoms with E-state index >= 15 is 0 Å². The van der Waals surface area contributed by atoms with Crippen LogP contribution in [-0.2, 0) is 16.4 Å². The predicted molar refractivity (Wildman–Crippen MR) is 80.0 cm³/mol. The van der Waals surface area contributed by atoms with Gasteiger partial charge in [-0.1, -0.05) is 0 Å². The number of nitrogens with zero attached hydrogens (tertiary/aromatic N) is 1. The number of alkyl halides is 1. The van der Waals surface area contributed by atoms with Gasteiger partial charge in [-0.2, -0.15) is 4.31 Å². The third-order valence-electron chi connectivity index (χ3n) is 3.71. The lowest BCUT2D eigenvalue weighted by Crippen LogP contribution is -2.34. The second kappa shape index (κ2) is 6.33. The Kier molecular flexibility index (Phi) is 4.94. The molecule has 1 aliphatic heterocycles. The van der Waals surface area contributed by atoms with E-state index in [0.717, 1.165) is 18.4 Å². The van der Waals surface area contributed by atoms with Gasteiger partial charge in [-0.25, -0.2) is 8.42 Å². The summed E-state index contributed by atoms with van der Waals surface area (Å²) in [4.78, 5) is 0.354. The maximum Gasteiger partial charge on any atom is 0.243 e. The monoisotopic (exact) mass is 317 g/mol. The molecule has 0 amide bonds. The van der Waals surface area contributed by atoms with Gasteiger partial charge in [0.15, 0.2) is 0 Å². The van der Waals surface area contributed by atoms with Crippen LogP contribution in [0.5, 0.6) is 5.75 Å². The highest BCUT2D eigenvalue weighted by atomic mass is 35.5. The number of halogens is 1. The Morgan fingerprint density at radius 1 is 1.45 bits per heavy atom. The lowest BCUT2D eigenvalue weighted by molar-refractivity contribution is 0.406. The average molecular weight is 318 g/mol. The number of hydrogen-bond donors (Lipinski definition) is 0. The molecule has 1 aliphatic rings. The minimum atomic E-state index is -3.45. The summed E-state index contributed by atoms with van der Waals surface area (Å²) in [7, 11) is -1.88. The minimum absolute atomic E-state index is 0.0611.